The number of carbonyl (C=O) groups excluding carboxylic acids is 1. The van der Waals surface area contributed by atoms with Crippen molar-refractivity contribution in [2.24, 2.45) is 5.92 Å². The Morgan fingerprint density at radius 3 is 2.43 bits per heavy atom. The van der Waals surface area contributed by atoms with Gasteiger partial charge in [-0.15, -0.1) is 10.2 Å². The number of nitrogens with zero attached hydrogens (tertiary/aromatic N) is 5. The van der Waals surface area contributed by atoms with Crippen LogP contribution in [-0.2, 0) is 4.79 Å². The van der Waals surface area contributed by atoms with Gasteiger partial charge in [0.25, 0.3) is 0 Å². The van der Waals surface area contributed by atoms with Crippen LogP contribution in [0.3, 0.4) is 0 Å². The molecule has 7 heteroatoms. The number of hydrogen-bond acceptors (Lipinski definition) is 5. The van der Waals surface area contributed by atoms with E-state index in [0.29, 0.717) is 5.82 Å². The van der Waals surface area contributed by atoms with Gasteiger partial charge in [0, 0.05) is 37.1 Å². The zero-order chi connectivity index (χ0) is 19.5. The number of piperidine rings is 1. The molecule has 4 rings (SSSR count). The number of hydrogen-bond donors (Lipinski definition) is 1. The first-order valence-electron chi connectivity index (χ1n) is 9.57. The Labute approximate surface area is 164 Å². The summed E-state index contributed by atoms with van der Waals surface area (Å²) < 4.78 is 1.68. The third kappa shape index (κ3) is 3.88. The van der Waals surface area contributed by atoms with Gasteiger partial charge < -0.3 is 10.2 Å². The quantitative estimate of drug-likeness (QED) is 0.757. The normalized spacial score (nSPS) is 14.9. The number of amides is 1. The minimum Gasteiger partial charge on any atom is -0.355 e. The van der Waals surface area contributed by atoms with Crippen LogP contribution in [0.15, 0.2) is 48.8 Å². The molecule has 0 atom stereocenters. The second-order valence-corrected chi connectivity index (χ2v) is 7.25. The number of aryl methyl sites for hydroxylation is 2. The van der Waals surface area contributed by atoms with E-state index >= 15 is 0 Å². The number of carbonyl (C=O) groups is 1. The summed E-state index contributed by atoms with van der Waals surface area (Å²) >= 11 is 0. The second-order valence-electron chi connectivity index (χ2n) is 7.25. The highest BCUT2D eigenvalue weighted by Crippen LogP contribution is 2.23. The number of nitrogens with one attached hydrogen (secondary N) is 1. The van der Waals surface area contributed by atoms with Crippen LogP contribution in [0.4, 0.5) is 11.5 Å². The Hall–Kier alpha value is -3.22. The van der Waals surface area contributed by atoms with E-state index in [4.69, 9.17) is 0 Å². The lowest BCUT2D eigenvalue weighted by Gasteiger charge is -2.31. The Bertz CT molecular complexity index is 944. The van der Waals surface area contributed by atoms with Crippen molar-refractivity contribution < 1.29 is 4.79 Å². The molecule has 7 nitrogen and oxygen atoms in total. The standard InChI is InChI=1S/C21H24N6O/c1-15-4-5-18(14-16(15)2)23-21(28)17-8-12-26(13-9-17)19-6-7-20(25-24-19)27-11-3-10-22-27/h3-7,10-11,14,17H,8-9,12-13H2,1-2H3,(H,23,28). The van der Waals surface area contributed by atoms with Crippen molar-refractivity contribution in [1.82, 2.24) is 20.0 Å². The SMILES string of the molecule is Cc1ccc(NC(=O)C2CCN(c3ccc(-n4cccn4)nn3)CC2)cc1C. The molecule has 1 amide bonds. The van der Waals surface area contributed by atoms with E-state index in [1.807, 2.05) is 42.6 Å². The number of rotatable bonds is 4. The molecule has 144 valence electrons. The van der Waals surface area contributed by atoms with Gasteiger partial charge in [-0.3, -0.25) is 4.79 Å². The highest BCUT2D eigenvalue weighted by Gasteiger charge is 2.26. The molecule has 0 radical (unpaired) electrons. The summed E-state index contributed by atoms with van der Waals surface area (Å²) in [6.07, 6.45) is 5.16. The van der Waals surface area contributed by atoms with Gasteiger partial charge in [0.1, 0.15) is 0 Å². The molecule has 2 aromatic heterocycles. The van der Waals surface area contributed by atoms with Crippen LogP contribution in [0.2, 0.25) is 0 Å². The van der Waals surface area contributed by atoms with Gasteiger partial charge in [0.15, 0.2) is 11.6 Å². The molecule has 0 bridgehead atoms. The third-order valence-corrected chi connectivity index (χ3v) is 5.34. The number of anilines is 2. The lowest BCUT2D eigenvalue weighted by Crippen LogP contribution is -2.38. The van der Waals surface area contributed by atoms with Crippen LogP contribution in [0.1, 0.15) is 24.0 Å². The fourth-order valence-electron chi connectivity index (χ4n) is 3.45. The molecule has 0 spiro atoms. The number of aromatic nitrogens is 4. The highest BCUT2D eigenvalue weighted by atomic mass is 16.1. The van der Waals surface area contributed by atoms with Crippen LogP contribution < -0.4 is 10.2 Å². The Kier molecular flexibility index (Phi) is 5.06. The predicted molar refractivity (Wildman–Crippen MR) is 109 cm³/mol. The third-order valence-electron chi connectivity index (χ3n) is 5.34. The fourth-order valence-corrected chi connectivity index (χ4v) is 3.45. The summed E-state index contributed by atoms with van der Waals surface area (Å²) in [4.78, 5) is 14.8. The Balaban J connectivity index is 1.33. The first kappa shape index (κ1) is 18.2. The second kappa shape index (κ2) is 7.80. The van der Waals surface area contributed by atoms with Gasteiger partial charge >= 0.3 is 0 Å². The van der Waals surface area contributed by atoms with Gasteiger partial charge in [-0.05, 0) is 68.1 Å². The molecular weight excluding hydrogens is 352 g/mol. The molecule has 1 aromatic carbocycles. The van der Waals surface area contributed by atoms with Crippen molar-refractivity contribution in [1.29, 1.82) is 0 Å². The van der Waals surface area contributed by atoms with E-state index < -0.39 is 0 Å². The van der Waals surface area contributed by atoms with E-state index in [1.54, 1.807) is 10.9 Å². The lowest BCUT2D eigenvalue weighted by molar-refractivity contribution is -0.120. The average molecular weight is 376 g/mol. The summed E-state index contributed by atoms with van der Waals surface area (Å²) in [6.45, 7) is 5.71. The fraction of sp³-hybridized carbons (Fsp3) is 0.333. The largest absolute Gasteiger partial charge is 0.355 e. The zero-order valence-corrected chi connectivity index (χ0v) is 16.2. The average Bonchev–Trinajstić information content (AvgIpc) is 3.26. The van der Waals surface area contributed by atoms with Crippen molar-refractivity contribution >= 4 is 17.4 Å². The van der Waals surface area contributed by atoms with Gasteiger partial charge in [0.2, 0.25) is 5.91 Å². The molecule has 0 aliphatic carbocycles. The Morgan fingerprint density at radius 2 is 1.79 bits per heavy atom. The molecule has 3 aromatic rings. The maximum atomic E-state index is 12.6. The molecule has 3 heterocycles. The predicted octanol–water partition coefficient (Wildman–Crippen LogP) is 3.13. The van der Waals surface area contributed by atoms with E-state index in [1.165, 1.54) is 11.1 Å². The van der Waals surface area contributed by atoms with Crippen LogP contribution in [0.5, 0.6) is 0 Å². The topological polar surface area (TPSA) is 75.9 Å². The maximum Gasteiger partial charge on any atom is 0.227 e. The van der Waals surface area contributed by atoms with E-state index in [0.717, 1.165) is 37.4 Å². The monoisotopic (exact) mass is 376 g/mol. The molecule has 1 aliphatic heterocycles. The van der Waals surface area contributed by atoms with Crippen LogP contribution in [-0.4, -0.2) is 39.0 Å². The number of benzene rings is 1. The summed E-state index contributed by atoms with van der Waals surface area (Å²) in [7, 11) is 0. The minimum absolute atomic E-state index is 0.0224. The summed E-state index contributed by atoms with van der Waals surface area (Å²) in [5.74, 6) is 1.65. The molecule has 1 saturated heterocycles. The van der Waals surface area contributed by atoms with Gasteiger partial charge in [-0.2, -0.15) is 5.10 Å². The van der Waals surface area contributed by atoms with E-state index in [9.17, 15) is 4.79 Å². The lowest BCUT2D eigenvalue weighted by atomic mass is 9.95. The van der Waals surface area contributed by atoms with Crippen LogP contribution >= 0.6 is 0 Å². The van der Waals surface area contributed by atoms with Gasteiger partial charge in [0.05, 0.1) is 0 Å². The van der Waals surface area contributed by atoms with Crippen molar-refractivity contribution in [3.05, 3.63) is 59.9 Å². The smallest absolute Gasteiger partial charge is 0.227 e. The van der Waals surface area contributed by atoms with Crippen molar-refractivity contribution in [3.8, 4) is 5.82 Å². The molecule has 1 fully saturated rings. The minimum atomic E-state index is 0.0224. The molecular formula is C21H24N6O. The molecule has 0 saturated carbocycles. The van der Waals surface area contributed by atoms with Crippen molar-refractivity contribution in [2.45, 2.75) is 26.7 Å². The van der Waals surface area contributed by atoms with Crippen molar-refractivity contribution in [3.63, 3.8) is 0 Å². The molecule has 0 unspecified atom stereocenters. The van der Waals surface area contributed by atoms with Gasteiger partial charge in [-0.1, -0.05) is 6.07 Å². The molecule has 28 heavy (non-hydrogen) atoms. The maximum absolute atomic E-state index is 12.6. The van der Waals surface area contributed by atoms with Gasteiger partial charge in [-0.25, -0.2) is 4.68 Å². The summed E-state index contributed by atoms with van der Waals surface area (Å²) in [5, 5.41) is 15.8. The Morgan fingerprint density at radius 1 is 1.04 bits per heavy atom. The van der Waals surface area contributed by atoms with Crippen molar-refractivity contribution in [2.75, 3.05) is 23.3 Å². The summed E-state index contributed by atoms with van der Waals surface area (Å²) in [6, 6.07) is 11.8. The van der Waals surface area contributed by atoms with Crippen LogP contribution in [0, 0.1) is 19.8 Å². The highest BCUT2D eigenvalue weighted by molar-refractivity contribution is 5.92. The zero-order valence-electron chi connectivity index (χ0n) is 16.2. The first-order valence-corrected chi connectivity index (χ1v) is 9.57. The molecule has 1 N–H and O–H groups in total. The molecule has 1 aliphatic rings. The van der Waals surface area contributed by atoms with Crippen LogP contribution in [0.25, 0.3) is 5.82 Å². The van der Waals surface area contributed by atoms with E-state index in [-0.39, 0.29) is 11.8 Å². The summed E-state index contributed by atoms with van der Waals surface area (Å²) in [5.41, 5.74) is 3.28. The van der Waals surface area contributed by atoms with E-state index in [2.05, 4.69) is 39.4 Å². The first-order chi connectivity index (χ1) is 13.6.